The fourth-order valence-corrected chi connectivity index (χ4v) is 3.45. The predicted molar refractivity (Wildman–Crippen MR) is 96.6 cm³/mol. The first-order chi connectivity index (χ1) is 12.0. The fourth-order valence-electron chi connectivity index (χ4n) is 3.45. The maximum atomic E-state index is 13.0. The molecule has 1 aromatic heterocycles. The molecular formula is C19H23N5O. The highest BCUT2D eigenvalue weighted by molar-refractivity contribution is 5.96. The zero-order valence-corrected chi connectivity index (χ0v) is 15.0. The standard InChI is InChI=1S/C19H23N5O/c1-14-18(15(2)22(3)21-14)19(25)24-10-6-9-23(11-12-24)17-8-5-4-7-16(17)13-20/h4-5,7-8H,6,9-12H2,1-3H3. The average Bonchev–Trinajstić information content (AvgIpc) is 2.80. The summed E-state index contributed by atoms with van der Waals surface area (Å²) in [6.45, 7) is 6.74. The molecule has 3 rings (SSSR count). The number of amides is 1. The van der Waals surface area contributed by atoms with Gasteiger partial charge in [0.05, 0.1) is 22.5 Å². The largest absolute Gasteiger partial charge is 0.369 e. The number of hydrogen-bond acceptors (Lipinski definition) is 4. The summed E-state index contributed by atoms with van der Waals surface area (Å²) in [5.74, 6) is 0.0542. The van der Waals surface area contributed by atoms with E-state index in [-0.39, 0.29) is 5.91 Å². The van der Waals surface area contributed by atoms with Crippen molar-refractivity contribution in [1.82, 2.24) is 14.7 Å². The third-order valence-corrected chi connectivity index (χ3v) is 4.87. The number of rotatable bonds is 2. The van der Waals surface area contributed by atoms with Crippen LogP contribution in [0.4, 0.5) is 5.69 Å². The summed E-state index contributed by atoms with van der Waals surface area (Å²) in [5.41, 5.74) is 4.03. The number of nitriles is 1. The molecule has 130 valence electrons. The summed E-state index contributed by atoms with van der Waals surface area (Å²) >= 11 is 0. The predicted octanol–water partition coefficient (Wildman–Crippen LogP) is 2.26. The molecule has 0 unspecified atom stereocenters. The lowest BCUT2D eigenvalue weighted by Gasteiger charge is -2.24. The zero-order chi connectivity index (χ0) is 18.0. The highest BCUT2D eigenvalue weighted by atomic mass is 16.2. The molecule has 1 aliphatic heterocycles. The second-order valence-electron chi connectivity index (χ2n) is 6.43. The van der Waals surface area contributed by atoms with Gasteiger partial charge in [0.2, 0.25) is 0 Å². The van der Waals surface area contributed by atoms with Crippen LogP contribution in [-0.4, -0.2) is 46.8 Å². The number of nitrogens with zero attached hydrogens (tertiary/aromatic N) is 5. The number of aryl methyl sites for hydroxylation is 2. The number of aromatic nitrogens is 2. The van der Waals surface area contributed by atoms with Crippen LogP contribution >= 0.6 is 0 Å². The lowest BCUT2D eigenvalue weighted by molar-refractivity contribution is 0.0765. The van der Waals surface area contributed by atoms with E-state index in [2.05, 4.69) is 16.1 Å². The quantitative estimate of drug-likeness (QED) is 0.843. The molecule has 6 heteroatoms. The lowest BCUT2D eigenvalue weighted by atomic mass is 10.1. The van der Waals surface area contributed by atoms with E-state index in [1.807, 2.05) is 50.1 Å². The van der Waals surface area contributed by atoms with Crippen molar-refractivity contribution in [1.29, 1.82) is 5.26 Å². The molecule has 0 radical (unpaired) electrons. The summed E-state index contributed by atoms with van der Waals surface area (Å²) in [6, 6.07) is 9.90. The molecule has 1 aromatic carbocycles. The Labute approximate surface area is 148 Å². The molecule has 1 aliphatic rings. The molecular weight excluding hydrogens is 314 g/mol. The Morgan fingerprint density at radius 2 is 1.92 bits per heavy atom. The zero-order valence-electron chi connectivity index (χ0n) is 15.0. The molecule has 1 saturated heterocycles. The van der Waals surface area contributed by atoms with Crippen LogP contribution < -0.4 is 4.90 Å². The molecule has 1 amide bonds. The molecule has 0 bridgehead atoms. The summed E-state index contributed by atoms with van der Waals surface area (Å²) < 4.78 is 1.76. The first kappa shape index (κ1) is 17.0. The first-order valence-corrected chi connectivity index (χ1v) is 8.56. The summed E-state index contributed by atoms with van der Waals surface area (Å²) in [5, 5.41) is 13.7. The third kappa shape index (κ3) is 3.22. The van der Waals surface area contributed by atoms with E-state index in [1.54, 1.807) is 4.68 Å². The van der Waals surface area contributed by atoms with E-state index in [1.165, 1.54) is 0 Å². The van der Waals surface area contributed by atoms with E-state index in [0.29, 0.717) is 17.7 Å². The Bertz CT molecular complexity index is 833. The van der Waals surface area contributed by atoms with Crippen molar-refractivity contribution in [2.24, 2.45) is 7.05 Å². The fraction of sp³-hybridized carbons (Fsp3) is 0.421. The molecule has 0 atom stereocenters. The van der Waals surface area contributed by atoms with E-state index in [4.69, 9.17) is 0 Å². The number of anilines is 1. The Hall–Kier alpha value is -2.81. The monoisotopic (exact) mass is 337 g/mol. The van der Waals surface area contributed by atoms with Crippen LogP contribution in [0.5, 0.6) is 0 Å². The molecule has 25 heavy (non-hydrogen) atoms. The van der Waals surface area contributed by atoms with Crippen molar-refractivity contribution < 1.29 is 4.79 Å². The van der Waals surface area contributed by atoms with Gasteiger partial charge in [0.15, 0.2) is 0 Å². The van der Waals surface area contributed by atoms with E-state index < -0.39 is 0 Å². The van der Waals surface area contributed by atoms with Gasteiger partial charge in [-0.2, -0.15) is 10.4 Å². The van der Waals surface area contributed by atoms with Gasteiger partial charge in [0, 0.05) is 38.9 Å². The number of carbonyl (C=O) groups excluding carboxylic acids is 1. The topological polar surface area (TPSA) is 65.2 Å². The van der Waals surface area contributed by atoms with Gasteiger partial charge >= 0.3 is 0 Å². The van der Waals surface area contributed by atoms with Crippen LogP contribution in [-0.2, 0) is 7.05 Å². The molecule has 0 aliphatic carbocycles. The summed E-state index contributed by atoms with van der Waals surface area (Å²) in [4.78, 5) is 17.1. The molecule has 0 saturated carbocycles. The van der Waals surface area contributed by atoms with Crippen molar-refractivity contribution >= 4 is 11.6 Å². The third-order valence-electron chi connectivity index (χ3n) is 4.87. The SMILES string of the molecule is Cc1nn(C)c(C)c1C(=O)N1CCCN(c2ccccc2C#N)CC1. The Balaban J connectivity index is 1.78. The van der Waals surface area contributed by atoms with Crippen LogP contribution in [0, 0.1) is 25.2 Å². The van der Waals surface area contributed by atoms with Gasteiger partial charge in [-0.1, -0.05) is 12.1 Å². The van der Waals surface area contributed by atoms with Crippen LogP contribution in [0.15, 0.2) is 24.3 Å². The molecule has 0 spiro atoms. The highest BCUT2D eigenvalue weighted by Crippen LogP contribution is 2.22. The van der Waals surface area contributed by atoms with Crippen LogP contribution in [0.3, 0.4) is 0 Å². The van der Waals surface area contributed by atoms with Gasteiger partial charge in [0.1, 0.15) is 6.07 Å². The van der Waals surface area contributed by atoms with Crippen LogP contribution in [0.1, 0.15) is 33.7 Å². The first-order valence-electron chi connectivity index (χ1n) is 8.56. The molecule has 0 N–H and O–H groups in total. The molecule has 1 fully saturated rings. The second-order valence-corrected chi connectivity index (χ2v) is 6.43. The minimum atomic E-state index is 0.0542. The van der Waals surface area contributed by atoms with E-state index in [0.717, 1.165) is 43.1 Å². The van der Waals surface area contributed by atoms with Gasteiger partial charge in [-0.05, 0) is 32.4 Å². The number of benzene rings is 1. The van der Waals surface area contributed by atoms with Crippen molar-refractivity contribution in [2.75, 3.05) is 31.1 Å². The second kappa shape index (κ2) is 6.98. The van der Waals surface area contributed by atoms with Crippen molar-refractivity contribution in [3.05, 3.63) is 46.8 Å². The highest BCUT2D eigenvalue weighted by Gasteiger charge is 2.25. The molecule has 2 aromatic rings. The molecule has 6 nitrogen and oxygen atoms in total. The molecule has 2 heterocycles. The Kier molecular flexibility index (Phi) is 4.75. The van der Waals surface area contributed by atoms with Crippen molar-refractivity contribution in [2.45, 2.75) is 20.3 Å². The Morgan fingerprint density at radius 1 is 1.16 bits per heavy atom. The van der Waals surface area contributed by atoms with Crippen molar-refractivity contribution in [3.8, 4) is 6.07 Å². The van der Waals surface area contributed by atoms with Gasteiger partial charge in [0.25, 0.3) is 5.91 Å². The van der Waals surface area contributed by atoms with Gasteiger partial charge in [-0.15, -0.1) is 0 Å². The van der Waals surface area contributed by atoms with Crippen molar-refractivity contribution in [3.63, 3.8) is 0 Å². The van der Waals surface area contributed by atoms with E-state index >= 15 is 0 Å². The smallest absolute Gasteiger partial charge is 0.257 e. The average molecular weight is 337 g/mol. The minimum absolute atomic E-state index is 0.0542. The van der Waals surface area contributed by atoms with Crippen LogP contribution in [0.25, 0.3) is 0 Å². The van der Waals surface area contributed by atoms with E-state index in [9.17, 15) is 10.1 Å². The minimum Gasteiger partial charge on any atom is -0.369 e. The van der Waals surface area contributed by atoms with Gasteiger partial charge < -0.3 is 9.80 Å². The Morgan fingerprint density at radius 3 is 2.60 bits per heavy atom. The number of hydrogen-bond donors (Lipinski definition) is 0. The van der Waals surface area contributed by atoms with Crippen LogP contribution in [0.2, 0.25) is 0 Å². The number of para-hydroxylation sites is 1. The maximum absolute atomic E-state index is 13.0. The lowest BCUT2D eigenvalue weighted by Crippen LogP contribution is -2.35. The van der Waals surface area contributed by atoms with Gasteiger partial charge in [-0.3, -0.25) is 9.48 Å². The van der Waals surface area contributed by atoms with Gasteiger partial charge in [-0.25, -0.2) is 0 Å². The number of carbonyl (C=O) groups is 1. The maximum Gasteiger partial charge on any atom is 0.257 e. The summed E-state index contributed by atoms with van der Waals surface area (Å²) in [7, 11) is 1.86. The summed E-state index contributed by atoms with van der Waals surface area (Å²) in [6.07, 6.45) is 0.879. The normalized spacial score (nSPS) is 15.0.